The van der Waals surface area contributed by atoms with Gasteiger partial charge in [0.2, 0.25) is 11.9 Å². The first kappa shape index (κ1) is 36.2. The number of hydroxylamine groups is 2. The predicted molar refractivity (Wildman–Crippen MR) is 209 cm³/mol. The number of aromatic nitrogens is 2. The molecule has 0 saturated heterocycles. The van der Waals surface area contributed by atoms with Crippen LogP contribution in [-0.4, -0.2) is 33.8 Å². The highest BCUT2D eigenvalue weighted by Crippen LogP contribution is 2.19. The molecule has 0 aliphatic heterocycles. The molecule has 12 nitrogen and oxygen atoms in total. The van der Waals surface area contributed by atoms with Crippen LogP contribution in [0.2, 0.25) is 0 Å². The highest BCUT2D eigenvalue weighted by Gasteiger charge is 2.12. The van der Waals surface area contributed by atoms with Crippen LogP contribution in [0.3, 0.4) is 0 Å². The maximum Gasteiger partial charge on any atom is 0.356 e. The molecular weight excluding hydrogens is 681 g/mol. The first-order chi connectivity index (χ1) is 26.6. The van der Waals surface area contributed by atoms with Crippen LogP contribution in [0.1, 0.15) is 22.3 Å². The van der Waals surface area contributed by atoms with E-state index in [1.807, 2.05) is 121 Å². The standard InChI is InChI=1S/C42H36N8O4/c51-37(53-49-41(45-35-21-9-3-10-22-35)47-39-33(19-13-27-43-39)29-31-15-5-1-6-16-31)25-26-38(52)54-50-42(46-36-23-11-4-12-24-36)48-40-34(20-14-28-44-40)30-32-17-7-2-8-18-32/h1-28H,29-30H2,(H2,43,45,47,49)(H2,44,46,48,50)/b26-25-. The fourth-order valence-electron chi connectivity index (χ4n) is 5.06. The lowest BCUT2D eigenvalue weighted by molar-refractivity contribution is -0.144. The van der Waals surface area contributed by atoms with Crippen LogP contribution in [0.5, 0.6) is 0 Å². The van der Waals surface area contributed by atoms with Crippen molar-refractivity contribution in [2.24, 2.45) is 9.98 Å². The van der Waals surface area contributed by atoms with Crippen molar-refractivity contribution >= 4 is 46.9 Å². The maximum absolute atomic E-state index is 12.7. The van der Waals surface area contributed by atoms with Gasteiger partial charge in [-0.2, -0.15) is 11.0 Å². The third-order valence-corrected chi connectivity index (χ3v) is 7.58. The van der Waals surface area contributed by atoms with Crippen molar-refractivity contribution in [1.29, 1.82) is 0 Å². The largest absolute Gasteiger partial charge is 0.356 e. The second-order valence-electron chi connectivity index (χ2n) is 11.6. The summed E-state index contributed by atoms with van der Waals surface area (Å²) in [6.45, 7) is 0. The molecule has 0 aliphatic carbocycles. The molecule has 0 aliphatic rings. The number of rotatable bonds is 10. The summed E-state index contributed by atoms with van der Waals surface area (Å²) in [4.78, 5) is 54.0. The molecular formula is C42H36N8O4. The molecule has 4 N–H and O–H groups in total. The van der Waals surface area contributed by atoms with E-state index >= 15 is 0 Å². The molecule has 0 bridgehead atoms. The highest BCUT2D eigenvalue weighted by atomic mass is 16.7. The van der Waals surface area contributed by atoms with E-state index in [9.17, 15) is 9.59 Å². The molecule has 0 amide bonds. The lowest BCUT2D eigenvalue weighted by atomic mass is 10.1. The maximum atomic E-state index is 12.7. The van der Waals surface area contributed by atoms with Crippen molar-refractivity contribution < 1.29 is 19.3 Å². The smallest absolute Gasteiger partial charge is 0.336 e. The van der Waals surface area contributed by atoms with E-state index in [2.05, 4.69) is 41.5 Å². The molecule has 12 heteroatoms. The molecule has 0 saturated carbocycles. The molecule has 4 aromatic carbocycles. The summed E-state index contributed by atoms with van der Waals surface area (Å²) in [5.74, 6) is -0.567. The topological polar surface area (TPSA) is 151 Å². The van der Waals surface area contributed by atoms with E-state index in [1.54, 1.807) is 36.7 Å². The predicted octanol–water partition coefficient (Wildman–Crippen LogP) is 7.21. The number of nitrogens with zero attached hydrogens (tertiary/aromatic N) is 4. The lowest BCUT2D eigenvalue weighted by Gasteiger charge is -2.14. The van der Waals surface area contributed by atoms with Gasteiger partial charge in [0.1, 0.15) is 11.6 Å². The normalized spacial score (nSPS) is 11.4. The van der Waals surface area contributed by atoms with E-state index in [4.69, 9.17) is 9.68 Å². The second-order valence-corrected chi connectivity index (χ2v) is 11.6. The minimum atomic E-state index is -0.893. The average Bonchev–Trinajstić information content (AvgIpc) is 3.21. The van der Waals surface area contributed by atoms with E-state index in [0.29, 0.717) is 35.9 Å². The molecule has 2 aromatic heterocycles. The van der Waals surface area contributed by atoms with E-state index < -0.39 is 11.9 Å². The van der Waals surface area contributed by atoms with Crippen molar-refractivity contribution in [2.75, 3.05) is 10.6 Å². The van der Waals surface area contributed by atoms with Gasteiger partial charge in [0, 0.05) is 37.4 Å². The second kappa shape index (κ2) is 19.1. The molecule has 2 heterocycles. The minimum absolute atomic E-state index is 0.0919. The monoisotopic (exact) mass is 716 g/mol. The van der Waals surface area contributed by atoms with Crippen LogP contribution in [-0.2, 0) is 32.1 Å². The average molecular weight is 717 g/mol. The summed E-state index contributed by atoms with van der Waals surface area (Å²) in [6, 6.07) is 45.7. The van der Waals surface area contributed by atoms with Crippen LogP contribution in [0.25, 0.3) is 0 Å². The molecule has 54 heavy (non-hydrogen) atoms. The number of carbonyl (C=O) groups excluding carboxylic acids is 2. The van der Waals surface area contributed by atoms with Gasteiger partial charge in [-0.3, -0.25) is 0 Å². The summed E-state index contributed by atoms with van der Waals surface area (Å²) in [7, 11) is 0. The number of guanidine groups is 2. The van der Waals surface area contributed by atoms with Gasteiger partial charge in [0.15, 0.2) is 0 Å². The number of aliphatic imine (C=N–C) groups is 2. The van der Waals surface area contributed by atoms with Crippen molar-refractivity contribution in [1.82, 2.24) is 20.9 Å². The molecule has 0 fully saturated rings. The number of benzene rings is 4. The van der Waals surface area contributed by atoms with Crippen LogP contribution in [0.15, 0.2) is 180 Å². The molecule has 0 radical (unpaired) electrons. The van der Waals surface area contributed by atoms with E-state index in [1.165, 1.54) is 0 Å². The zero-order valence-corrected chi connectivity index (χ0v) is 29.0. The van der Waals surface area contributed by atoms with Crippen LogP contribution in [0.4, 0.5) is 23.0 Å². The van der Waals surface area contributed by atoms with Gasteiger partial charge in [0.05, 0.1) is 11.4 Å². The summed E-state index contributed by atoms with van der Waals surface area (Å²) in [5.41, 5.74) is 10.3. The van der Waals surface area contributed by atoms with Crippen molar-refractivity contribution in [3.8, 4) is 0 Å². The Labute approximate surface area is 312 Å². The lowest BCUT2D eigenvalue weighted by Crippen LogP contribution is -2.34. The number of nitrogens with one attached hydrogen (secondary N) is 4. The minimum Gasteiger partial charge on any atom is -0.336 e. The van der Waals surface area contributed by atoms with Crippen molar-refractivity contribution in [3.63, 3.8) is 0 Å². The fraction of sp³-hybridized carbons (Fsp3) is 0.0476. The molecule has 268 valence electrons. The summed E-state index contributed by atoms with van der Waals surface area (Å²) >= 11 is 0. The van der Waals surface area contributed by atoms with Gasteiger partial charge in [-0.05, 0) is 58.7 Å². The Bertz CT molecular complexity index is 2060. The Morgan fingerprint density at radius 1 is 0.500 bits per heavy atom. The third-order valence-electron chi connectivity index (χ3n) is 7.58. The van der Waals surface area contributed by atoms with Gasteiger partial charge >= 0.3 is 11.9 Å². The number of carbonyl (C=O) groups is 2. The van der Waals surface area contributed by atoms with Gasteiger partial charge in [-0.15, -0.1) is 0 Å². The summed E-state index contributed by atoms with van der Waals surface area (Å²) < 4.78 is 0. The third kappa shape index (κ3) is 11.5. The number of hydrogen-bond acceptors (Lipinski definition) is 8. The number of pyridine rings is 2. The zero-order chi connectivity index (χ0) is 37.2. The number of anilines is 2. The molecule has 6 rings (SSSR count). The van der Waals surface area contributed by atoms with Gasteiger partial charge in [0.25, 0.3) is 0 Å². The first-order valence-corrected chi connectivity index (χ1v) is 17.0. The van der Waals surface area contributed by atoms with Gasteiger partial charge in [-0.25, -0.2) is 29.5 Å². The van der Waals surface area contributed by atoms with Gasteiger partial charge in [-0.1, -0.05) is 109 Å². The number of para-hydroxylation sites is 2. The Morgan fingerprint density at radius 3 is 1.26 bits per heavy atom. The van der Waals surface area contributed by atoms with Gasteiger partial charge < -0.3 is 20.3 Å². The highest BCUT2D eigenvalue weighted by molar-refractivity contribution is 5.98. The van der Waals surface area contributed by atoms with E-state index in [-0.39, 0.29) is 11.9 Å². The fourth-order valence-corrected chi connectivity index (χ4v) is 5.06. The van der Waals surface area contributed by atoms with Crippen LogP contribution in [0, 0.1) is 0 Å². The Hall–Kier alpha value is -7.60. The molecule has 6 aromatic rings. The number of hydrogen-bond donors (Lipinski definition) is 4. The SMILES string of the molecule is O=C(/C=C\C(=O)ONC(=Nc1ccccc1)Nc1ncccc1Cc1ccccc1)ONC(=Nc1ccccc1)Nc1ncccc1Cc1ccccc1. The van der Waals surface area contributed by atoms with Crippen molar-refractivity contribution in [3.05, 3.63) is 192 Å². The van der Waals surface area contributed by atoms with Crippen LogP contribution < -0.4 is 21.6 Å². The first-order valence-electron chi connectivity index (χ1n) is 17.0. The zero-order valence-electron chi connectivity index (χ0n) is 29.0. The Morgan fingerprint density at radius 2 is 0.870 bits per heavy atom. The Kier molecular flexibility index (Phi) is 12.8. The molecule has 0 atom stereocenters. The molecule has 0 spiro atoms. The van der Waals surface area contributed by atoms with Crippen molar-refractivity contribution in [2.45, 2.75) is 12.8 Å². The summed E-state index contributed by atoms with van der Waals surface area (Å²) in [5, 5.41) is 6.25. The van der Waals surface area contributed by atoms with Crippen LogP contribution >= 0.6 is 0 Å². The molecule has 0 unspecified atom stereocenters. The summed E-state index contributed by atoms with van der Waals surface area (Å²) in [6.07, 6.45) is 6.35. The quantitative estimate of drug-likeness (QED) is 0.0496. The Balaban J connectivity index is 1.09. The van der Waals surface area contributed by atoms with E-state index in [0.717, 1.165) is 34.4 Å².